The Bertz CT molecular complexity index is 1210. The second-order valence-electron chi connectivity index (χ2n) is 9.11. The van der Waals surface area contributed by atoms with Crippen LogP contribution in [0.2, 0.25) is 0 Å². The van der Waals surface area contributed by atoms with Crippen molar-refractivity contribution in [2.45, 2.75) is 57.9 Å². The van der Waals surface area contributed by atoms with Crippen molar-refractivity contribution in [2.24, 2.45) is 5.73 Å². The lowest BCUT2D eigenvalue weighted by molar-refractivity contribution is -0.121. The highest BCUT2D eigenvalue weighted by Crippen LogP contribution is 2.44. The quantitative estimate of drug-likeness (QED) is 0.390. The molecule has 1 fully saturated rings. The molecule has 2 unspecified atom stereocenters. The molecule has 0 saturated carbocycles. The minimum Gasteiger partial charge on any atom is -0.364 e. The molecule has 1 aliphatic carbocycles. The Hall–Kier alpha value is -3.40. The number of amides is 1. The molecular weight excluding hydrogens is 423 g/mol. The molecule has 0 spiro atoms. The first-order chi connectivity index (χ1) is 15.9. The zero-order valence-electron chi connectivity index (χ0n) is 18.8. The molecule has 0 bridgehead atoms. The first-order valence-corrected chi connectivity index (χ1v) is 11.4. The van der Waals surface area contributed by atoms with Crippen molar-refractivity contribution in [3.8, 4) is 0 Å². The summed E-state index contributed by atoms with van der Waals surface area (Å²) in [5.74, 6) is 0.839. The van der Waals surface area contributed by atoms with E-state index in [-0.39, 0.29) is 10.2 Å². The summed E-state index contributed by atoms with van der Waals surface area (Å²) in [5, 5.41) is 10.8. The number of quaternary nitrogens is 1. The molecule has 2 atom stereocenters. The van der Waals surface area contributed by atoms with Crippen LogP contribution in [0.5, 0.6) is 0 Å². The minimum atomic E-state index is -0.672. The molecule has 0 radical (unpaired) electrons. The number of aromatic nitrogens is 5. The van der Waals surface area contributed by atoms with Crippen LogP contribution < -0.4 is 15.5 Å². The van der Waals surface area contributed by atoms with E-state index in [0.29, 0.717) is 42.9 Å². The normalized spacial score (nSPS) is 22.0. The number of aromatic amines is 1. The van der Waals surface area contributed by atoms with Gasteiger partial charge in [-0.25, -0.2) is 9.47 Å². The third-order valence-corrected chi connectivity index (χ3v) is 6.76. The van der Waals surface area contributed by atoms with Gasteiger partial charge in [0, 0.05) is 42.4 Å². The molecule has 4 N–H and O–H groups in total. The van der Waals surface area contributed by atoms with Gasteiger partial charge >= 0.3 is 5.95 Å². The van der Waals surface area contributed by atoms with E-state index >= 15 is 4.39 Å². The number of nitrogens with two attached hydrogens (primary N) is 1. The van der Waals surface area contributed by atoms with Crippen molar-refractivity contribution in [1.29, 1.82) is 0 Å². The number of pyridine rings is 1. The van der Waals surface area contributed by atoms with Crippen LogP contribution in [0.4, 0.5) is 27.7 Å². The summed E-state index contributed by atoms with van der Waals surface area (Å²) < 4.78 is 14.9. The summed E-state index contributed by atoms with van der Waals surface area (Å²) in [6, 6.07) is 4.60. The predicted molar refractivity (Wildman–Crippen MR) is 123 cm³/mol. The van der Waals surface area contributed by atoms with Gasteiger partial charge in [-0.15, -0.1) is 0 Å². The van der Waals surface area contributed by atoms with Gasteiger partial charge < -0.3 is 11.1 Å². The number of hydrogen-bond acceptors (Lipinski definition) is 6. The van der Waals surface area contributed by atoms with E-state index in [1.165, 1.54) is 6.20 Å². The largest absolute Gasteiger partial charge is 0.364 e. The topological polar surface area (TPSA) is 122 Å². The summed E-state index contributed by atoms with van der Waals surface area (Å²) in [5.41, 5.74) is 9.05. The van der Waals surface area contributed by atoms with Gasteiger partial charge in [0.1, 0.15) is 5.82 Å². The Morgan fingerprint density at radius 3 is 2.88 bits per heavy atom. The van der Waals surface area contributed by atoms with Gasteiger partial charge in [-0.3, -0.25) is 9.89 Å². The Morgan fingerprint density at radius 2 is 2.15 bits per heavy atom. The molecule has 2 aliphatic rings. The van der Waals surface area contributed by atoms with E-state index in [1.807, 2.05) is 6.07 Å². The number of H-pyrrole nitrogens is 1. The summed E-state index contributed by atoms with van der Waals surface area (Å²) in [6.45, 7) is 4.64. The fraction of sp³-hybridized carbons (Fsp3) is 0.435. The molecule has 0 aromatic carbocycles. The lowest BCUT2D eigenvalue weighted by Crippen LogP contribution is -2.55. The fourth-order valence-electron chi connectivity index (χ4n) is 5.10. The maximum absolute atomic E-state index is 15.0. The number of rotatable bonds is 6. The molecule has 172 valence electrons. The van der Waals surface area contributed by atoms with Crippen molar-refractivity contribution in [3.63, 3.8) is 0 Å². The van der Waals surface area contributed by atoms with Crippen molar-refractivity contribution in [2.75, 3.05) is 11.9 Å². The Kier molecular flexibility index (Phi) is 5.32. The predicted octanol–water partition coefficient (Wildman–Crippen LogP) is 3.38. The molecule has 3 aromatic rings. The number of carbonyl (C=O) groups is 1. The minimum absolute atomic E-state index is 0.158. The summed E-state index contributed by atoms with van der Waals surface area (Å²) in [6.07, 6.45) is 5.23. The van der Waals surface area contributed by atoms with Gasteiger partial charge in [-0.1, -0.05) is 13.8 Å². The molecule has 1 amide bonds. The van der Waals surface area contributed by atoms with E-state index in [1.54, 1.807) is 12.1 Å². The lowest BCUT2D eigenvalue weighted by atomic mass is 10.1. The first-order valence-electron chi connectivity index (χ1n) is 11.4. The third-order valence-electron chi connectivity index (χ3n) is 6.76. The molecule has 10 heteroatoms. The van der Waals surface area contributed by atoms with E-state index in [0.717, 1.165) is 36.2 Å². The number of halogens is 1. The number of fused-ring (bicyclic) bond motifs is 1. The summed E-state index contributed by atoms with van der Waals surface area (Å²) >= 11 is 0. The number of carbonyl (C=O) groups excluding carboxylic acids is 1. The molecular formula is C23H28FN8O+. The van der Waals surface area contributed by atoms with Crippen LogP contribution in [0.1, 0.15) is 56.0 Å². The standard InChI is InChI=1S/C23H27FN8O/c1-13(2)16-12-19(31-30-16)28-22-14-6-3-7-15(14)27-23(29-22)32(11-5-9-18(32)21(25)33)17-8-4-10-26-20(17)24/h4,8,10,12-13,18H,3,5-7,9,11H2,1-2H3,(H3-,25,27,28,29,30,31,33)/p+1. The molecule has 4 heterocycles. The number of aryl methyl sites for hydroxylation is 1. The fourth-order valence-corrected chi connectivity index (χ4v) is 5.10. The second-order valence-corrected chi connectivity index (χ2v) is 9.11. The number of nitrogens with zero attached hydrogens (tertiary/aromatic N) is 5. The Morgan fingerprint density at radius 1 is 1.30 bits per heavy atom. The Balaban J connectivity index is 1.67. The van der Waals surface area contributed by atoms with Gasteiger partial charge in [-0.2, -0.15) is 19.5 Å². The van der Waals surface area contributed by atoms with Gasteiger partial charge in [0.15, 0.2) is 17.5 Å². The molecule has 33 heavy (non-hydrogen) atoms. The van der Waals surface area contributed by atoms with Crippen LogP contribution in [0.15, 0.2) is 24.4 Å². The maximum atomic E-state index is 15.0. The molecule has 1 aliphatic heterocycles. The van der Waals surface area contributed by atoms with Gasteiger partial charge in [0.05, 0.1) is 12.2 Å². The average molecular weight is 452 g/mol. The van der Waals surface area contributed by atoms with Crippen molar-refractivity contribution < 1.29 is 9.18 Å². The highest BCUT2D eigenvalue weighted by molar-refractivity contribution is 5.84. The summed E-state index contributed by atoms with van der Waals surface area (Å²) in [7, 11) is 0. The van der Waals surface area contributed by atoms with E-state index < -0.39 is 17.9 Å². The zero-order chi connectivity index (χ0) is 23.2. The average Bonchev–Trinajstić information content (AvgIpc) is 3.53. The highest BCUT2D eigenvalue weighted by Gasteiger charge is 2.53. The van der Waals surface area contributed by atoms with Gasteiger partial charge in [0.25, 0.3) is 11.9 Å². The highest BCUT2D eigenvalue weighted by atomic mass is 19.1. The maximum Gasteiger partial charge on any atom is 0.337 e. The zero-order valence-corrected chi connectivity index (χ0v) is 18.8. The Labute approximate surface area is 191 Å². The van der Waals surface area contributed by atoms with Gasteiger partial charge in [-0.05, 0) is 31.2 Å². The molecule has 5 rings (SSSR count). The second kappa shape index (κ2) is 8.18. The SMILES string of the molecule is CC(C)c1cc(Nc2nc([N+]3(c4cccnc4F)CCCC3C(N)=O)nc3c2CCC3)n[nH]1. The number of anilines is 2. The van der Waals surface area contributed by atoms with E-state index in [4.69, 9.17) is 15.7 Å². The van der Waals surface area contributed by atoms with Crippen LogP contribution in [-0.2, 0) is 17.6 Å². The molecule has 9 nitrogen and oxygen atoms in total. The van der Waals surface area contributed by atoms with Crippen LogP contribution in [0.3, 0.4) is 0 Å². The van der Waals surface area contributed by atoms with Crippen molar-refractivity contribution >= 4 is 29.2 Å². The number of primary amides is 1. The van der Waals surface area contributed by atoms with Crippen LogP contribution >= 0.6 is 0 Å². The van der Waals surface area contributed by atoms with E-state index in [9.17, 15) is 4.79 Å². The van der Waals surface area contributed by atoms with Crippen LogP contribution in [0.25, 0.3) is 0 Å². The first kappa shape index (κ1) is 21.4. The third kappa shape index (κ3) is 3.54. The van der Waals surface area contributed by atoms with Gasteiger partial charge in [0.2, 0.25) is 0 Å². The lowest BCUT2D eigenvalue weighted by Gasteiger charge is -2.35. The van der Waals surface area contributed by atoms with Crippen LogP contribution in [0, 0.1) is 5.95 Å². The van der Waals surface area contributed by atoms with Crippen molar-refractivity contribution in [1.82, 2.24) is 29.6 Å². The molecule has 1 saturated heterocycles. The van der Waals surface area contributed by atoms with Crippen LogP contribution in [-0.4, -0.2) is 43.6 Å². The monoisotopic (exact) mass is 451 g/mol. The smallest absolute Gasteiger partial charge is 0.337 e. The molecule has 3 aromatic heterocycles. The van der Waals surface area contributed by atoms with Crippen molar-refractivity contribution in [3.05, 3.63) is 47.3 Å². The van der Waals surface area contributed by atoms with E-state index in [2.05, 4.69) is 34.3 Å². The summed E-state index contributed by atoms with van der Waals surface area (Å²) in [4.78, 5) is 26.2. The number of nitrogens with one attached hydrogen (secondary N) is 2. The number of hydrogen-bond donors (Lipinski definition) is 3.